The van der Waals surface area contributed by atoms with Gasteiger partial charge in [0, 0.05) is 43.2 Å². The van der Waals surface area contributed by atoms with E-state index >= 15 is 0 Å². The van der Waals surface area contributed by atoms with Gasteiger partial charge in [0.05, 0.1) is 6.54 Å². The van der Waals surface area contributed by atoms with Crippen LogP contribution in [0.1, 0.15) is 11.1 Å². The summed E-state index contributed by atoms with van der Waals surface area (Å²) in [7, 11) is 0. The average molecular weight is 373 g/mol. The Hall–Kier alpha value is -3.94. The quantitative estimate of drug-likeness (QED) is 0.544. The van der Waals surface area contributed by atoms with E-state index in [2.05, 4.69) is 25.8 Å². The molecule has 0 saturated carbocycles. The molecule has 28 heavy (non-hydrogen) atoms. The summed E-state index contributed by atoms with van der Waals surface area (Å²) in [5.74, 6) is 0.703. The van der Waals surface area contributed by atoms with Crippen LogP contribution >= 0.6 is 0 Å². The monoisotopic (exact) mass is 373 g/mol. The Kier molecular flexibility index (Phi) is 5.10. The lowest BCUT2D eigenvalue weighted by Crippen LogP contribution is -2.28. The Morgan fingerprint density at radius 1 is 0.964 bits per heavy atom. The fraction of sp³-hybridized carbons (Fsp3) is 0.100. The largest absolute Gasteiger partial charge is 0.334 e. The van der Waals surface area contributed by atoms with Gasteiger partial charge in [-0.25, -0.2) is 14.5 Å². The number of hydrogen-bond donors (Lipinski definition) is 2. The van der Waals surface area contributed by atoms with Crippen molar-refractivity contribution in [3.8, 4) is 5.82 Å². The molecule has 4 rings (SSSR count). The minimum Gasteiger partial charge on any atom is -0.334 e. The number of nitrogens with zero attached hydrogens (tertiary/aromatic N) is 5. The molecule has 8 nitrogen and oxygen atoms in total. The van der Waals surface area contributed by atoms with Crippen LogP contribution in [0, 0.1) is 0 Å². The molecule has 2 amide bonds. The smallest absolute Gasteiger partial charge is 0.319 e. The van der Waals surface area contributed by atoms with E-state index in [0.29, 0.717) is 18.9 Å². The second-order valence-electron chi connectivity index (χ2n) is 6.14. The molecule has 0 aliphatic heterocycles. The third-order valence-electron chi connectivity index (χ3n) is 4.16. The van der Waals surface area contributed by atoms with Crippen molar-refractivity contribution in [2.75, 3.05) is 5.32 Å². The lowest BCUT2D eigenvalue weighted by molar-refractivity contribution is 0.251. The normalized spacial score (nSPS) is 10.6. The van der Waals surface area contributed by atoms with E-state index in [1.165, 1.54) is 0 Å². The highest BCUT2D eigenvalue weighted by Gasteiger charge is 2.08. The standard InChI is InChI=1S/C20H19N7O/c28-20(22-14-16-7-10-21-19(13-16)27-12-4-9-24-27)25-18-6-2-1-5-17(18)15-26-11-3-8-23-26/h1-13H,14-15H2,(H2,22,25,28). The van der Waals surface area contributed by atoms with E-state index in [4.69, 9.17) is 0 Å². The third-order valence-corrected chi connectivity index (χ3v) is 4.16. The predicted octanol–water partition coefficient (Wildman–Crippen LogP) is 2.83. The summed E-state index contributed by atoms with van der Waals surface area (Å²) in [6.07, 6.45) is 8.83. The molecule has 0 aliphatic rings. The van der Waals surface area contributed by atoms with Gasteiger partial charge < -0.3 is 10.6 Å². The van der Waals surface area contributed by atoms with Gasteiger partial charge in [0.25, 0.3) is 0 Å². The topological polar surface area (TPSA) is 89.7 Å². The van der Waals surface area contributed by atoms with Crippen LogP contribution in [0.2, 0.25) is 0 Å². The summed E-state index contributed by atoms with van der Waals surface area (Å²) in [5, 5.41) is 14.2. The van der Waals surface area contributed by atoms with E-state index < -0.39 is 0 Å². The summed E-state index contributed by atoms with van der Waals surface area (Å²) in [5.41, 5.74) is 2.66. The van der Waals surface area contributed by atoms with Crippen molar-refractivity contribution in [1.82, 2.24) is 29.9 Å². The molecule has 2 N–H and O–H groups in total. The fourth-order valence-corrected chi connectivity index (χ4v) is 2.80. The summed E-state index contributed by atoms with van der Waals surface area (Å²) < 4.78 is 3.49. The number of carbonyl (C=O) groups excluding carboxylic acids is 1. The van der Waals surface area contributed by atoms with Crippen LogP contribution in [-0.4, -0.2) is 30.6 Å². The van der Waals surface area contributed by atoms with Gasteiger partial charge in [-0.05, 0) is 41.5 Å². The van der Waals surface area contributed by atoms with Crippen molar-refractivity contribution in [1.29, 1.82) is 0 Å². The predicted molar refractivity (Wildman–Crippen MR) is 105 cm³/mol. The first kappa shape index (κ1) is 17.5. The molecule has 8 heteroatoms. The highest BCUT2D eigenvalue weighted by Crippen LogP contribution is 2.16. The first-order valence-electron chi connectivity index (χ1n) is 8.83. The van der Waals surface area contributed by atoms with Crippen molar-refractivity contribution in [2.45, 2.75) is 13.1 Å². The van der Waals surface area contributed by atoms with Crippen molar-refractivity contribution in [2.24, 2.45) is 0 Å². The molecule has 0 bridgehead atoms. The molecule has 3 aromatic heterocycles. The van der Waals surface area contributed by atoms with Gasteiger partial charge in [-0.15, -0.1) is 0 Å². The number of nitrogens with one attached hydrogen (secondary N) is 2. The minimum absolute atomic E-state index is 0.273. The van der Waals surface area contributed by atoms with Crippen molar-refractivity contribution < 1.29 is 4.79 Å². The second kappa shape index (κ2) is 8.17. The average Bonchev–Trinajstić information content (AvgIpc) is 3.42. The Bertz CT molecular complexity index is 1040. The lowest BCUT2D eigenvalue weighted by Gasteiger charge is -2.12. The van der Waals surface area contributed by atoms with E-state index in [0.717, 1.165) is 16.8 Å². The van der Waals surface area contributed by atoms with E-state index in [1.807, 2.05) is 65.6 Å². The molecular weight excluding hydrogens is 354 g/mol. The van der Waals surface area contributed by atoms with Crippen LogP contribution in [0.25, 0.3) is 5.82 Å². The van der Waals surface area contributed by atoms with E-state index in [-0.39, 0.29) is 6.03 Å². The van der Waals surface area contributed by atoms with Crippen LogP contribution in [0.5, 0.6) is 0 Å². The Morgan fingerprint density at radius 2 is 1.82 bits per heavy atom. The second-order valence-corrected chi connectivity index (χ2v) is 6.14. The number of aromatic nitrogens is 5. The first-order chi connectivity index (χ1) is 13.8. The zero-order valence-corrected chi connectivity index (χ0v) is 15.1. The minimum atomic E-state index is -0.273. The summed E-state index contributed by atoms with van der Waals surface area (Å²) in [4.78, 5) is 16.7. The van der Waals surface area contributed by atoms with Crippen LogP contribution in [-0.2, 0) is 13.1 Å². The number of amides is 2. The summed E-state index contributed by atoms with van der Waals surface area (Å²) >= 11 is 0. The number of hydrogen-bond acceptors (Lipinski definition) is 4. The lowest BCUT2D eigenvalue weighted by atomic mass is 10.2. The van der Waals surface area contributed by atoms with Crippen molar-refractivity contribution in [3.05, 3.63) is 90.6 Å². The van der Waals surface area contributed by atoms with Gasteiger partial charge in [0.1, 0.15) is 0 Å². The zero-order chi connectivity index (χ0) is 19.2. The molecule has 140 valence electrons. The third kappa shape index (κ3) is 4.24. The molecule has 0 unspecified atom stereocenters. The van der Waals surface area contributed by atoms with Crippen LogP contribution in [0.15, 0.2) is 79.5 Å². The molecule has 0 saturated heterocycles. The van der Waals surface area contributed by atoms with Gasteiger partial charge in [-0.2, -0.15) is 10.2 Å². The van der Waals surface area contributed by atoms with E-state index in [1.54, 1.807) is 23.3 Å². The summed E-state index contributed by atoms with van der Waals surface area (Å²) in [6.45, 7) is 0.963. The Labute approximate surface area is 161 Å². The summed E-state index contributed by atoms with van der Waals surface area (Å²) in [6, 6.07) is 14.9. The molecule has 0 spiro atoms. The number of carbonyl (C=O) groups is 1. The maximum atomic E-state index is 12.4. The first-order valence-corrected chi connectivity index (χ1v) is 8.83. The molecule has 1 aromatic carbocycles. The number of urea groups is 1. The Balaban J connectivity index is 1.38. The molecule has 0 atom stereocenters. The zero-order valence-electron chi connectivity index (χ0n) is 15.1. The number of para-hydroxylation sites is 1. The molecule has 0 aliphatic carbocycles. The van der Waals surface area contributed by atoms with Crippen LogP contribution < -0.4 is 10.6 Å². The molecular formula is C20H19N7O. The number of rotatable bonds is 6. The maximum Gasteiger partial charge on any atom is 0.319 e. The van der Waals surface area contributed by atoms with Crippen LogP contribution in [0.4, 0.5) is 10.5 Å². The van der Waals surface area contributed by atoms with Crippen molar-refractivity contribution >= 4 is 11.7 Å². The Morgan fingerprint density at radius 3 is 2.64 bits per heavy atom. The molecule has 0 radical (unpaired) electrons. The number of anilines is 1. The number of pyridine rings is 1. The van der Waals surface area contributed by atoms with Gasteiger partial charge in [0.15, 0.2) is 5.82 Å². The van der Waals surface area contributed by atoms with Gasteiger partial charge in [0.2, 0.25) is 0 Å². The highest BCUT2D eigenvalue weighted by molar-refractivity contribution is 5.90. The molecule has 0 fully saturated rings. The van der Waals surface area contributed by atoms with Gasteiger partial charge in [-0.1, -0.05) is 18.2 Å². The van der Waals surface area contributed by atoms with Crippen molar-refractivity contribution in [3.63, 3.8) is 0 Å². The molecule has 3 heterocycles. The van der Waals surface area contributed by atoms with Gasteiger partial charge >= 0.3 is 6.03 Å². The fourth-order valence-electron chi connectivity index (χ4n) is 2.80. The SMILES string of the molecule is O=C(NCc1ccnc(-n2cccn2)c1)Nc1ccccc1Cn1cccn1. The van der Waals surface area contributed by atoms with E-state index in [9.17, 15) is 4.79 Å². The van der Waals surface area contributed by atoms with Gasteiger partial charge in [-0.3, -0.25) is 4.68 Å². The highest BCUT2D eigenvalue weighted by atomic mass is 16.2. The number of benzene rings is 1. The maximum absolute atomic E-state index is 12.4. The van der Waals surface area contributed by atoms with Crippen LogP contribution in [0.3, 0.4) is 0 Å². The molecule has 4 aromatic rings.